The molecule has 5 rings (SSSR count). The van der Waals surface area contributed by atoms with Gasteiger partial charge in [0.1, 0.15) is 11.4 Å². The molecule has 3 aliphatic rings. The molecule has 1 spiro atoms. The van der Waals surface area contributed by atoms with Crippen LogP contribution >= 0.6 is 0 Å². The number of hydrogen-bond donors (Lipinski definition) is 1. The number of carbonyl (C=O) groups excluding carboxylic acids is 2. The van der Waals surface area contributed by atoms with Gasteiger partial charge in [-0.1, -0.05) is 24.3 Å². The van der Waals surface area contributed by atoms with Crippen molar-refractivity contribution in [1.82, 2.24) is 4.90 Å². The number of rotatable bonds is 6. The highest BCUT2D eigenvalue weighted by atomic mass is 16.5. The van der Waals surface area contributed by atoms with Crippen LogP contribution in [-0.2, 0) is 27.3 Å². The number of furan rings is 1. The third kappa shape index (κ3) is 2.88. The van der Waals surface area contributed by atoms with Crippen molar-refractivity contribution in [2.45, 2.75) is 24.7 Å². The second-order valence-electron chi connectivity index (χ2n) is 8.24. The predicted octanol–water partition coefficient (Wildman–Crippen LogP) is 1.76. The summed E-state index contributed by atoms with van der Waals surface area (Å²) in [6, 6.07) is 11.2. The summed E-state index contributed by atoms with van der Waals surface area (Å²) in [7, 11) is 1.73. The number of aliphatic hydroxyl groups excluding tert-OH is 1. The molecule has 30 heavy (non-hydrogen) atoms. The lowest BCUT2D eigenvalue weighted by atomic mass is 9.76. The Balaban J connectivity index is 1.39. The molecule has 7 nitrogen and oxygen atoms in total. The Labute approximate surface area is 174 Å². The van der Waals surface area contributed by atoms with Gasteiger partial charge in [0.15, 0.2) is 0 Å². The number of hydrogen-bond acceptors (Lipinski definition) is 5. The van der Waals surface area contributed by atoms with Gasteiger partial charge in [-0.3, -0.25) is 9.59 Å². The first kappa shape index (κ1) is 19.1. The summed E-state index contributed by atoms with van der Waals surface area (Å²) in [4.78, 5) is 30.0. The summed E-state index contributed by atoms with van der Waals surface area (Å²) in [6.07, 6.45) is 5.65. The maximum absolute atomic E-state index is 13.4. The maximum Gasteiger partial charge on any atom is 0.234 e. The van der Waals surface area contributed by atoms with Gasteiger partial charge in [-0.15, -0.1) is 0 Å². The Morgan fingerprint density at radius 1 is 1.30 bits per heavy atom. The standard InChI is InChI=1S/C23H24N2O5/c1-24(13-17-3-2-12-29-17)21(27)19-18-8-10-23(30-18)14-25(22(28)20(19)23)16-6-4-15(5-7-16)9-11-26/h2-8,10,12,18-20,26H,9,11,13-14H2,1H3/t18-,19+,20-,23-/m0/s1. The normalized spacial score (nSPS) is 28.9. The Morgan fingerprint density at radius 3 is 2.80 bits per heavy atom. The second-order valence-corrected chi connectivity index (χ2v) is 8.24. The van der Waals surface area contributed by atoms with E-state index in [1.165, 1.54) is 0 Å². The van der Waals surface area contributed by atoms with Crippen molar-refractivity contribution in [3.8, 4) is 0 Å². The number of carbonyl (C=O) groups is 2. The molecule has 0 unspecified atom stereocenters. The second kappa shape index (κ2) is 7.11. The largest absolute Gasteiger partial charge is 0.467 e. The first-order valence-corrected chi connectivity index (χ1v) is 10.2. The maximum atomic E-state index is 13.4. The van der Waals surface area contributed by atoms with Crippen molar-refractivity contribution in [3.05, 3.63) is 66.1 Å². The highest BCUT2D eigenvalue weighted by Gasteiger charge is 2.67. The molecule has 7 heteroatoms. The lowest BCUT2D eigenvalue weighted by molar-refractivity contribution is -0.139. The van der Waals surface area contributed by atoms with E-state index < -0.39 is 17.4 Å². The smallest absolute Gasteiger partial charge is 0.234 e. The van der Waals surface area contributed by atoms with Crippen molar-refractivity contribution in [1.29, 1.82) is 0 Å². The molecule has 156 valence electrons. The van der Waals surface area contributed by atoms with Gasteiger partial charge in [0.05, 0.1) is 37.3 Å². The van der Waals surface area contributed by atoms with Gasteiger partial charge in [0.2, 0.25) is 11.8 Å². The summed E-state index contributed by atoms with van der Waals surface area (Å²) in [5.41, 5.74) is 1.04. The van der Waals surface area contributed by atoms with Crippen molar-refractivity contribution in [3.63, 3.8) is 0 Å². The summed E-state index contributed by atoms with van der Waals surface area (Å²) < 4.78 is 11.6. The van der Waals surface area contributed by atoms with Crippen LogP contribution in [0.5, 0.6) is 0 Å². The zero-order valence-electron chi connectivity index (χ0n) is 16.7. The van der Waals surface area contributed by atoms with Crippen molar-refractivity contribution >= 4 is 17.5 Å². The average molecular weight is 408 g/mol. The van der Waals surface area contributed by atoms with Gasteiger partial charge in [0.25, 0.3) is 0 Å². The molecule has 3 aliphatic heterocycles. The molecule has 1 aromatic heterocycles. The van der Waals surface area contributed by atoms with Gasteiger partial charge < -0.3 is 24.1 Å². The molecule has 1 N–H and O–H groups in total. The average Bonchev–Trinajstić information content (AvgIpc) is 3.51. The molecule has 0 saturated carbocycles. The van der Waals surface area contributed by atoms with Crippen LogP contribution in [0.4, 0.5) is 5.69 Å². The molecule has 2 fully saturated rings. The van der Waals surface area contributed by atoms with E-state index in [9.17, 15) is 9.59 Å². The third-order valence-electron chi connectivity index (χ3n) is 6.38. The Kier molecular flexibility index (Phi) is 4.52. The first-order valence-electron chi connectivity index (χ1n) is 10.2. The molecule has 4 atom stereocenters. The van der Waals surface area contributed by atoms with E-state index in [1.54, 1.807) is 29.2 Å². The van der Waals surface area contributed by atoms with Crippen LogP contribution in [0.3, 0.4) is 0 Å². The summed E-state index contributed by atoms with van der Waals surface area (Å²) in [5, 5.41) is 9.10. The van der Waals surface area contributed by atoms with Crippen LogP contribution in [0.1, 0.15) is 11.3 Å². The molecule has 2 bridgehead atoms. The van der Waals surface area contributed by atoms with Crippen molar-refractivity contribution < 1.29 is 23.8 Å². The molecule has 2 aromatic rings. The predicted molar refractivity (Wildman–Crippen MR) is 108 cm³/mol. The fraction of sp³-hybridized carbons (Fsp3) is 0.391. The van der Waals surface area contributed by atoms with E-state index >= 15 is 0 Å². The van der Waals surface area contributed by atoms with E-state index in [4.69, 9.17) is 14.3 Å². The summed E-state index contributed by atoms with van der Waals surface area (Å²) in [5.74, 6) is -0.567. The van der Waals surface area contributed by atoms with E-state index in [-0.39, 0.29) is 24.5 Å². The van der Waals surface area contributed by atoms with Gasteiger partial charge in [-0.05, 0) is 36.2 Å². The lowest BCUT2D eigenvalue weighted by Crippen LogP contribution is -2.44. The minimum absolute atomic E-state index is 0.0819. The van der Waals surface area contributed by atoms with Crippen molar-refractivity contribution in [2.75, 3.05) is 25.1 Å². The molecule has 0 aliphatic carbocycles. The van der Waals surface area contributed by atoms with Gasteiger partial charge in [-0.2, -0.15) is 0 Å². The Morgan fingerprint density at radius 2 is 2.10 bits per heavy atom. The number of benzene rings is 1. The van der Waals surface area contributed by atoms with Gasteiger partial charge >= 0.3 is 0 Å². The molecule has 4 heterocycles. The van der Waals surface area contributed by atoms with E-state index in [1.807, 2.05) is 42.5 Å². The number of anilines is 1. The van der Waals surface area contributed by atoms with Crippen LogP contribution in [0.25, 0.3) is 0 Å². The summed E-state index contributed by atoms with van der Waals surface area (Å²) >= 11 is 0. The van der Waals surface area contributed by atoms with Gasteiger partial charge in [-0.25, -0.2) is 0 Å². The molecular formula is C23H24N2O5. The number of aliphatic hydroxyl groups is 1. The van der Waals surface area contributed by atoms with E-state index in [0.717, 1.165) is 11.3 Å². The minimum Gasteiger partial charge on any atom is -0.467 e. The van der Waals surface area contributed by atoms with Crippen LogP contribution in [0.15, 0.2) is 59.2 Å². The minimum atomic E-state index is -0.753. The van der Waals surface area contributed by atoms with Gasteiger partial charge in [0, 0.05) is 19.3 Å². The monoisotopic (exact) mass is 408 g/mol. The zero-order chi connectivity index (χ0) is 20.9. The van der Waals surface area contributed by atoms with Crippen molar-refractivity contribution in [2.24, 2.45) is 11.8 Å². The molecule has 2 amide bonds. The Bertz CT molecular complexity index is 984. The number of nitrogens with zero attached hydrogens (tertiary/aromatic N) is 2. The molecule has 0 radical (unpaired) electrons. The fourth-order valence-electron chi connectivity index (χ4n) is 4.94. The Hall–Kier alpha value is -2.90. The number of fused-ring (bicyclic) bond motifs is 1. The fourth-order valence-corrected chi connectivity index (χ4v) is 4.94. The summed E-state index contributed by atoms with van der Waals surface area (Å²) in [6.45, 7) is 0.833. The number of ether oxygens (including phenoxy) is 1. The van der Waals surface area contributed by atoms with E-state index in [0.29, 0.717) is 25.3 Å². The first-order chi connectivity index (χ1) is 14.5. The highest BCUT2D eigenvalue weighted by Crippen LogP contribution is 2.53. The lowest BCUT2D eigenvalue weighted by Gasteiger charge is -2.27. The van der Waals surface area contributed by atoms with Crippen LogP contribution in [0.2, 0.25) is 0 Å². The van der Waals surface area contributed by atoms with Crippen LogP contribution in [-0.4, -0.2) is 53.7 Å². The van der Waals surface area contributed by atoms with Crippen LogP contribution < -0.4 is 4.90 Å². The topological polar surface area (TPSA) is 83.2 Å². The molecule has 2 saturated heterocycles. The highest BCUT2D eigenvalue weighted by molar-refractivity contribution is 6.03. The SMILES string of the molecule is CN(Cc1ccco1)C(=O)[C@@H]1[C@@H]2C=C[C@@]3(CN(c4ccc(CCO)cc4)C(=O)[C@H]13)O2. The molecular weight excluding hydrogens is 384 g/mol. The zero-order valence-corrected chi connectivity index (χ0v) is 16.7. The third-order valence-corrected chi connectivity index (χ3v) is 6.38. The van der Waals surface area contributed by atoms with E-state index in [2.05, 4.69) is 0 Å². The van der Waals surface area contributed by atoms with Crippen LogP contribution in [0, 0.1) is 11.8 Å². The quantitative estimate of drug-likeness (QED) is 0.737. The number of amides is 2. The molecule has 1 aromatic carbocycles.